The molecule has 5 heteroatoms. The molecule has 1 aliphatic heterocycles. The van der Waals surface area contributed by atoms with Crippen molar-refractivity contribution in [3.05, 3.63) is 78.0 Å². The fraction of sp³-hybridized carbons (Fsp3) is 0.273. The molecular weight excluding hydrogens is 338 g/mol. The first-order valence-corrected chi connectivity index (χ1v) is 9.31. The maximum absolute atomic E-state index is 12.3. The van der Waals surface area contributed by atoms with Gasteiger partial charge in [0.15, 0.2) is 0 Å². The first kappa shape index (κ1) is 17.5. The van der Waals surface area contributed by atoms with Crippen LogP contribution < -0.4 is 5.32 Å². The third kappa shape index (κ3) is 4.26. The molecule has 1 aromatic heterocycles. The normalized spacial score (nSPS) is 16.4. The number of rotatable bonds is 6. The molecule has 1 aliphatic rings. The smallest absolute Gasteiger partial charge is 0.225 e. The molecule has 0 radical (unpaired) electrons. The Morgan fingerprint density at radius 1 is 1.11 bits per heavy atom. The molecule has 0 spiro atoms. The van der Waals surface area contributed by atoms with Crippen LogP contribution in [0.1, 0.15) is 17.5 Å². The molecule has 3 aromatic rings. The summed E-state index contributed by atoms with van der Waals surface area (Å²) < 4.78 is 7.26. The van der Waals surface area contributed by atoms with Crippen molar-refractivity contribution in [3.8, 4) is 11.3 Å². The first-order chi connectivity index (χ1) is 13.3. The molecule has 138 valence electrons. The van der Waals surface area contributed by atoms with Crippen LogP contribution in [0.4, 0.5) is 0 Å². The van der Waals surface area contributed by atoms with E-state index in [-0.39, 0.29) is 11.8 Å². The minimum absolute atomic E-state index is 0.0375. The highest BCUT2D eigenvalue weighted by molar-refractivity contribution is 5.79. The van der Waals surface area contributed by atoms with Gasteiger partial charge in [0.1, 0.15) is 0 Å². The number of ether oxygens (including phenoxy) is 1. The lowest BCUT2D eigenvalue weighted by molar-refractivity contribution is -0.125. The number of hydrogen-bond donors (Lipinski definition) is 1. The van der Waals surface area contributed by atoms with Gasteiger partial charge >= 0.3 is 0 Å². The quantitative estimate of drug-likeness (QED) is 0.733. The van der Waals surface area contributed by atoms with Gasteiger partial charge in [-0.15, -0.1) is 0 Å². The molecule has 1 N–H and O–H groups in total. The summed E-state index contributed by atoms with van der Waals surface area (Å²) in [6.07, 6.45) is 2.82. The van der Waals surface area contributed by atoms with E-state index >= 15 is 0 Å². The Bertz CT molecular complexity index is 884. The number of nitrogens with zero attached hydrogens (tertiary/aromatic N) is 2. The maximum Gasteiger partial charge on any atom is 0.225 e. The SMILES string of the molecule is O=C(NCc1cn(Cc2ccccc2)nc1-c1ccccc1)[C@H]1CCOC1. The third-order valence-corrected chi connectivity index (χ3v) is 4.83. The summed E-state index contributed by atoms with van der Waals surface area (Å²) in [6.45, 7) is 2.35. The van der Waals surface area contributed by atoms with Crippen LogP contribution in [0.15, 0.2) is 66.9 Å². The molecule has 2 heterocycles. The molecule has 0 saturated carbocycles. The molecule has 5 nitrogen and oxygen atoms in total. The molecule has 0 aliphatic carbocycles. The van der Waals surface area contributed by atoms with Crippen LogP contribution in [0.25, 0.3) is 11.3 Å². The molecule has 2 aromatic carbocycles. The minimum atomic E-state index is -0.0375. The number of aromatic nitrogens is 2. The molecule has 0 bridgehead atoms. The lowest BCUT2D eigenvalue weighted by Gasteiger charge is -2.09. The van der Waals surface area contributed by atoms with Gasteiger partial charge in [0.25, 0.3) is 0 Å². The molecule has 1 amide bonds. The number of hydrogen-bond acceptors (Lipinski definition) is 3. The highest BCUT2D eigenvalue weighted by Gasteiger charge is 2.23. The van der Waals surface area contributed by atoms with Crippen LogP contribution in [-0.4, -0.2) is 28.9 Å². The minimum Gasteiger partial charge on any atom is -0.381 e. The van der Waals surface area contributed by atoms with Crippen LogP contribution >= 0.6 is 0 Å². The second-order valence-electron chi connectivity index (χ2n) is 6.83. The van der Waals surface area contributed by atoms with E-state index in [9.17, 15) is 4.79 Å². The Kier molecular flexibility index (Phi) is 5.30. The zero-order valence-corrected chi connectivity index (χ0v) is 15.2. The van der Waals surface area contributed by atoms with Crippen molar-refractivity contribution in [2.24, 2.45) is 5.92 Å². The van der Waals surface area contributed by atoms with Crippen LogP contribution in [-0.2, 0) is 22.6 Å². The average molecular weight is 361 g/mol. The number of nitrogens with one attached hydrogen (secondary N) is 1. The summed E-state index contributed by atoms with van der Waals surface area (Å²) in [4.78, 5) is 12.3. The van der Waals surface area contributed by atoms with Gasteiger partial charge in [0.05, 0.1) is 24.8 Å². The summed E-state index contributed by atoms with van der Waals surface area (Å²) in [6, 6.07) is 20.3. The van der Waals surface area contributed by atoms with Gasteiger partial charge in [-0.25, -0.2) is 0 Å². The monoisotopic (exact) mass is 361 g/mol. The number of carbonyl (C=O) groups excluding carboxylic acids is 1. The van der Waals surface area contributed by atoms with Crippen molar-refractivity contribution in [2.45, 2.75) is 19.5 Å². The van der Waals surface area contributed by atoms with Crippen molar-refractivity contribution in [1.82, 2.24) is 15.1 Å². The van der Waals surface area contributed by atoms with E-state index in [2.05, 4.69) is 17.4 Å². The summed E-state index contributed by atoms with van der Waals surface area (Å²) in [5.74, 6) is 0.0202. The third-order valence-electron chi connectivity index (χ3n) is 4.83. The average Bonchev–Trinajstić information content (AvgIpc) is 3.38. The summed E-state index contributed by atoms with van der Waals surface area (Å²) in [5.41, 5.74) is 4.18. The highest BCUT2D eigenvalue weighted by Crippen LogP contribution is 2.23. The molecule has 27 heavy (non-hydrogen) atoms. The maximum atomic E-state index is 12.3. The van der Waals surface area contributed by atoms with Crippen LogP contribution in [0.3, 0.4) is 0 Å². The van der Waals surface area contributed by atoms with E-state index in [1.54, 1.807) is 0 Å². The van der Waals surface area contributed by atoms with E-state index in [0.29, 0.717) is 26.3 Å². The van der Waals surface area contributed by atoms with E-state index < -0.39 is 0 Å². The second-order valence-corrected chi connectivity index (χ2v) is 6.83. The first-order valence-electron chi connectivity index (χ1n) is 9.31. The van der Waals surface area contributed by atoms with Gasteiger partial charge in [-0.1, -0.05) is 60.7 Å². The van der Waals surface area contributed by atoms with E-state index in [1.807, 2.05) is 59.4 Å². The van der Waals surface area contributed by atoms with Gasteiger partial charge in [-0.3, -0.25) is 9.48 Å². The lowest BCUT2D eigenvalue weighted by Crippen LogP contribution is -2.30. The van der Waals surface area contributed by atoms with Crippen molar-refractivity contribution >= 4 is 5.91 Å². The van der Waals surface area contributed by atoms with E-state index in [0.717, 1.165) is 23.2 Å². The zero-order valence-electron chi connectivity index (χ0n) is 15.2. The van der Waals surface area contributed by atoms with Gasteiger partial charge in [0.2, 0.25) is 5.91 Å². The zero-order chi connectivity index (χ0) is 18.5. The second kappa shape index (κ2) is 8.18. The van der Waals surface area contributed by atoms with Gasteiger partial charge in [-0.05, 0) is 12.0 Å². The molecular formula is C22H23N3O2. The largest absolute Gasteiger partial charge is 0.381 e. The van der Waals surface area contributed by atoms with E-state index in [4.69, 9.17) is 9.84 Å². The Hall–Kier alpha value is -2.92. The van der Waals surface area contributed by atoms with Gasteiger partial charge < -0.3 is 10.1 Å². The summed E-state index contributed by atoms with van der Waals surface area (Å²) in [7, 11) is 0. The lowest BCUT2D eigenvalue weighted by atomic mass is 10.1. The van der Waals surface area contributed by atoms with Crippen molar-refractivity contribution in [1.29, 1.82) is 0 Å². The predicted octanol–water partition coefficient (Wildman–Crippen LogP) is 3.25. The molecule has 1 atom stereocenters. The fourth-order valence-corrected chi connectivity index (χ4v) is 3.35. The summed E-state index contributed by atoms with van der Waals surface area (Å²) in [5, 5.41) is 7.85. The predicted molar refractivity (Wildman–Crippen MR) is 104 cm³/mol. The molecule has 1 saturated heterocycles. The van der Waals surface area contributed by atoms with Gasteiger partial charge in [-0.2, -0.15) is 5.10 Å². The fourth-order valence-electron chi connectivity index (χ4n) is 3.35. The Labute approximate surface area is 159 Å². The number of benzene rings is 2. The molecule has 0 unspecified atom stereocenters. The van der Waals surface area contributed by atoms with Crippen molar-refractivity contribution in [2.75, 3.05) is 13.2 Å². The van der Waals surface area contributed by atoms with Crippen LogP contribution in [0, 0.1) is 5.92 Å². The summed E-state index contributed by atoms with van der Waals surface area (Å²) >= 11 is 0. The Morgan fingerprint density at radius 2 is 1.85 bits per heavy atom. The standard InChI is InChI=1S/C22H23N3O2/c26-22(19-11-12-27-16-19)23-13-20-15-25(14-17-7-3-1-4-8-17)24-21(20)18-9-5-2-6-10-18/h1-10,15,19H,11-14,16H2,(H,23,26)/t19-/m0/s1. The Morgan fingerprint density at radius 3 is 2.56 bits per heavy atom. The van der Waals surface area contributed by atoms with Crippen molar-refractivity contribution in [3.63, 3.8) is 0 Å². The number of amides is 1. The van der Waals surface area contributed by atoms with Gasteiger partial charge in [0, 0.05) is 30.5 Å². The van der Waals surface area contributed by atoms with Crippen LogP contribution in [0.2, 0.25) is 0 Å². The topological polar surface area (TPSA) is 56.2 Å². The Balaban J connectivity index is 1.55. The van der Waals surface area contributed by atoms with Crippen molar-refractivity contribution < 1.29 is 9.53 Å². The van der Waals surface area contributed by atoms with E-state index in [1.165, 1.54) is 5.56 Å². The molecule has 1 fully saturated rings. The molecule has 4 rings (SSSR count). The highest BCUT2D eigenvalue weighted by atomic mass is 16.5. The van der Waals surface area contributed by atoms with Crippen LogP contribution in [0.5, 0.6) is 0 Å². The number of carbonyl (C=O) groups is 1.